The summed E-state index contributed by atoms with van der Waals surface area (Å²) in [4.78, 5) is 0. The lowest BCUT2D eigenvalue weighted by molar-refractivity contribution is 0.476. The quantitative estimate of drug-likeness (QED) is 0.825. The Hall–Kier alpha value is -1.61. The van der Waals surface area contributed by atoms with Gasteiger partial charge in [0.15, 0.2) is 0 Å². The van der Waals surface area contributed by atoms with Gasteiger partial charge in [-0.3, -0.25) is 4.68 Å². The van der Waals surface area contributed by atoms with Gasteiger partial charge >= 0.3 is 0 Å². The third-order valence-corrected chi connectivity index (χ3v) is 3.56. The number of benzene rings is 1. The summed E-state index contributed by atoms with van der Waals surface area (Å²) >= 11 is 0. The second-order valence-electron chi connectivity index (χ2n) is 4.79. The maximum absolute atomic E-state index is 4.35. The van der Waals surface area contributed by atoms with E-state index in [0.29, 0.717) is 6.04 Å². The number of aromatic nitrogens is 2. The highest BCUT2D eigenvalue weighted by Crippen LogP contribution is 2.19. The molecule has 0 spiro atoms. The lowest BCUT2D eigenvalue weighted by atomic mass is 10.0. The van der Waals surface area contributed by atoms with Crippen molar-refractivity contribution < 1.29 is 0 Å². The number of aryl methyl sites for hydroxylation is 2. The first-order valence-corrected chi connectivity index (χ1v) is 7.08. The summed E-state index contributed by atoms with van der Waals surface area (Å²) in [6.45, 7) is 3.06. The van der Waals surface area contributed by atoms with Gasteiger partial charge in [0.05, 0.1) is 5.69 Å². The zero-order valence-electron chi connectivity index (χ0n) is 11.8. The number of nitrogens with one attached hydrogen (secondary N) is 1. The van der Waals surface area contributed by atoms with E-state index >= 15 is 0 Å². The third-order valence-electron chi connectivity index (χ3n) is 3.56. The Balaban J connectivity index is 1.90. The summed E-state index contributed by atoms with van der Waals surface area (Å²) in [5.41, 5.74) is 2.71. The number of rotatable bonds is 7. The first-order chi connectivity index (χ1) is 9.35. The van der Waals surface area contributed by atoms with E-state index in [1.54, 1.807) is 0 Å². The molecule has 0 aliphatic heterocycles. The fraction of sp³-hybridized carbons (Fsp3) is 0.438. The second-order valence-corrected chi connectivity index (χ2v) is 4.79. The first kappa shape index (κ1) is 13.8. The molecule has 1 aromatic carbocycles. The van der Waals surface area contributed by atoms with E-state index in [1.165, 1.54) is 17.7 Å². The van der Waals surface area contributed by atoms with Crippen molar-refractivity contribution in [2.24, 2.45) is 0 Å². The Morgan fingerprint density at radius 1 is 1.21 bits per heavy atom. The summed E-state index contributed by atoms with van der Waals surface area (Å²) in [7, 11) is 2.03. The van der Waals surface area contributed by atoms with Gasteiger partial charge in [0.25, 0.3) is 0 Å². The molecule has 0 aliphatic carbocycles. The van der Waals surface area contributed by atoms with E-state index in [2.05, 4.69) is 58.4 Å². The van der Waals surface area contributed by atoms with Crippen LogP contribution in [-0.4, -0.2) is 16.8 Å². The molecule has 0 saturated carbocycles. The molecular formula is C16H23N3. The van der Waals surface area contributed by atoms with E-state index in [-0.39, 0.29) is 0 Å². The summed E-state index contributed by atoms with van der Waals surface area (Å²) in [6, 6.07) is 13.2. The van der Waals surface area contributed by atoms with Crippen molar-refractivity contribution in [3.8, 4) is 0 Å². The number of hydrogen-bond acceptors (Lipinski definition) is 2. The van der Waals surface area contributed by atoms with E-state index in [9.17, 15) is 0 Å². The predicted octanol–water partition coefficient (Wildman–Crippen LogP) is 3.19. The van der Waals surface area contributed by atoms with Crippen LogP contribution < -0.4 is 5.32 Å². The van der Waals surface area contributed by atoms with Crippen molar-refractivity contribution in [2.75, 3.05) is 7.05 Å². The molecule has 1 atom stereocenters. The molecule has 0 bridgehead atoms. The van der Waals surface area contributed by atoms with Crippen LogP contribution in [0.3, 0.4) is 0 Å². The van der Waals surface area contributed by atoms with E-state index in [0.717, 1.165) is 19.4 Å². The van der Waals surface area contributed by atoms with Crippen molar-refractivity contribution in [1.29, 1.82) is 0 Å². The maximum atomic E-state index is 4.35. The fourth-order valence-electron chi connectivity index (χ4n) is 2.50. The summed E-state index contributed by atoms with van der Waals surface area (Å²) in [5.74, 6) is 0. The lowest BCUT2D eigenvalue weighted by Gasteiger charge is -2.17. The maximum Gasteiger partial charge on any atom is 0.0553 e. The van der Waals surface area contributed by atoms with Crippen LogP contribution in [-0.2, 0) is 13.0 Å². The lowest BCUT2D eigenvalue weighted by Crippen LogP contribution is -2.20. The van der Waals surface area contributed by atoms with Crippen LogP contribution in [0.2, 0.25) is 0 Å². The van der Waals surface area contributed by atoms with Gasteiger partial charge < -0.3 is 5.32 Å². The monoisotopic (exact) mass is 257 g/mol. The molecule has 102 valence electrons. The summed E-state index contributed by atoms with van der Waals surface area (Å²) < 4.78 is 2.07. The zero-order chi connectivity index (χ0) is 13.5. The number of nitrogens with zero attached hydrogens (tertiary/aromatic N) is 2. The molecule has 1 N–H and O–H groups in total. The van der Waals surface area contributed by atoms with Crippen LogP contribution in [0.15, 0.2) is 42.6 Å². The SMILES string of the molecule is CCn1nccc1C(CCCc1ccccc1)NC. The fourth-order valence-corrected chi connectivity index (χ4v) is 2.50. The minimum absolute atomic E-state index is 0.395. The van der Waals surface area contributed by atoms with Crippen LogP contribution in [0.4, 0.5) is 0 Å². The molecule has 0 saturated heterocycles. The average molecular weight is 257 g/mol. The Morgan fingerprint density at radius 3 is 2.68 bits per heavy atom. The Bertz CT molecular complexity index is 476. The molecule has 2 aromatic rings. The standard InChI is InChI=1S/C16H23N3/c1-3-19-16(12-13-18-19)15(17-2)11-7-10-14-8-5-4-6-9-14/h4-6,8-9,12-13,15,17H,3,7,10-11H2,1-2H3. The highest BCUT2D eigenvalue weighted by Gasteiger charge is 2.13. The molecule has 1 aromatic heterocycles. The molecule has 0 aliphatic rings. The third kappa shape index (κ3) is 3.67. The van der Waals surface area contributed by atoms with Gasteiger partial charge in [-0.2, -0.15) is 5.10 Å². The van der Waals surface area contributed by atoms with Crippen LogP contribution in [0.5, 0.6) is 0 Å². The minimum Gasteiger partial charge on any atom is -0.312 e. The van der Waals surface area contributed by atoms with Crippen LogP contribution in [0.25, 0.3) is 0 Å². The topological polar surface area (TPSA) is 29.9 Å². The van der Waals surface area contributed by atoms with Crippen molar-refractivity contribution in [3.63, 3.8) is 0 Å². The highest BCUT2D eigenvalue weighted by molar-refractivity contribution is 5.15. The average Bonchev–Trinajstić information content (AvgIpc) is 2.93. The van der Waals surface area contributed by atoms with Crippen molar-refractivity contribution >= 4 is 0 Å². The summed E-state index contributed by atoms with van der Waals surface area (Å²) in [5, 5.41) is 7.75. The molecule has 0 amide bonds. The predicted molar refractivity (Wildman–Crippen MR) is 79.1 cm³/mol. The molecule has 0 radical (unpaired) electrons. The second kappa shape index (κ2) is 7.10. The van der Waals surface area contributed by atoms with Gasteiger partial charge in [0.2, 0.25) is 0 Å². The molecule has 1 unspecified atom stereocenters. The smallest absolute Gasteiger partial charge is 0.0553 e. The highest BCUT2D eigenvalue weighted by atomic mass is 15.3. The zero-order valence-corrected chi connectivity index (χ0v) is 11.8. The Kier molecular flexibility index (Phi) is 5.16. The molecule has 19 heavy (non-hydrogen) atoms. The van der Waals surface area contributed by atoms with Crippen LogP contribution in [0, 0.1) is 0 Å². The molecule has 0 fully saturated rings. The van der Waals surface area contributed by atoms with Gasteiger partial charge in [0.1, 0.15) is 0 Å². The summed E-state index contributed by atoms with van der Waals surface area (Å²) in [6.07, 6.45) is 5.35. The van der Waals surface area contributed by atoms with Crippen molar-refractivity contribution in [1.82, 2.24) is 15.1 Å². The van der Waals surface area contributed by atoms with Crippen molar-refractivity contribution in [2.45, 2.75) is 38.8 Å². The molecule has 3 heteroatoms. The van der Waals surface area contributed by atoms with Crippen molar-refractivity contribution in [3.05, 3.63) is 53.9 Å². The Labute approximate surface area is 115 Å². The van der Waals surface area contributed by atoms with Gasteiger partial charge in [-0.25, -0.2) is 0 Å². The minimum atomic E-state index is 0.395. The van der Waals surface area contributed by atoms with E-state index in [1.807, 2.05) is 13.2 Å². The molecule has 2 rings (SSSR count). The normalized spacial score (nSPS) is 12.5. The number of hydrogen-bond donors (Lipinski definition) is 1. The molecule has 1 heterocycles. The largest absolute Gasteiger partial charge is 0.312 e. The molecule has 3 nitrogen and oxygen atoms in total. The van der Waals surface area contributed by atoms with E-state index in [4.69, 9.17) is 0 Å². The Morgan fingerprint density at radius 2 is 2.00 bits per heavy atom. The van der Waals surface area contributed by atoms with Crippen LogP contribution >= 0.6 is 0 Å². The van der Waals surface area contributed by atoms with E-state index < -0.39 is 0 Å². The first-order valence-electron chi connectivity index (χ1n) is 7.08. The van der Waals surface area contributed by atoms with Gasteiger partial charge in [-0.05, 0) is 44.9 Å². The van der Waals surface area contributed by atoms with Gasteiger partial charge in [0, 0.05) is 18.8 Å². The van der Waals surface area contributed by atoms with Gasteiger partial charge in [-0.15, -0.1) is 0 Å². The van der Waals surface area contributed by atoms with Crippen LogP contribution in [0.1, 0.15) is 37.1 Å². The van der Waals surface area contributed by atoms with Gasteiger partial charge in [-0.1, -0.05) is 30.3 Å². The molecular weight excluding hydrogens is 234 g/mol.